The summed E-state index contributed by atoms with van der Waals surface area (Å²) in [5, 5.41) is 0. The summed E-state index contributed by atoms with van der Waals surface area (Å²) in [5.74, 6) is -5.03. The molecule has 0 amide bonds. The number of ketones is 1. The number of carbonyl (C=O) groups excluding carboxylic acids is 1. The molecule has 0 aliphatic heterocycles. The van der Waals surface area contributed by atoms with Crippen LogP contribution in [-0.2, 0) is 6.42 Å². The fourth-order valence-electron chi connectivity index (χ4n) is 1.90. The zero-order valence-electron chi connectivity index (χ0n) is 10.5. The van der Waals surface area contributed by atoms with E-state index in [0.717, 1.165) is 6.07 Å². The first-order valence-electron chi connectivity index (χ1n) is 5.81. The van der Waals surface area contributed by atoms with Crippen LogP contribution in [0.3, 0.4) is 0 Å². The molecule has 5 heteroatoms. The Hall–Kier alpha value is -2.17. The molecule has 0 spiro atoms. The Bertz CT molecular complexity index is 657. The van der Waals surface area contributed by atoms with E-state index in [-0.39, 0.29) is 6.42 Å². The van der Waals surface area contributed by atoms with Crippen LogP contribution in [-0.4, -0.2) is 5.78 Å². The molecule has 0 saturated carbocycles. The van der Waals surface area contributed by atoms with Gasteiger partial charge in [0.25, 0.3) is 0 Å². The van der Waals surface area contributed by atoms with Crippen LogP contribution in [0.2, 0.25) is 0 Å². The van der Waals surface area contributed by atoms with Gasteiger partial charge in [-0.25, -0.2) is 17.6 Å². The van der Waals surface area contributed by atoms with Crippen LogP contribution in [0.25, 0.3) is 0 Å². The van der Waals surface area contributed by atoms with Gasteiger partial charge in [-0.1, -0.05) is 6.07 Å². The van der Waals surface area contributed by atoms with Crippen LogP contribution in [0.5, 0.6) is 0 Å². The Labute approximate surface area is 112 Å². The lowest BCUT2D eigenvalue weighted by molar-refractivity contribution is 0.0984. The van der Waals surface area contributed by atoms with E-state index < -0.39 is 34.6 Å². The number of rotatable bonds is 3. The van der Waals surface area contributed by atoms with Crippen molar-refractivity contribution in [3.05, 3.63) is 70.3 Å². The van der Waals surface area contributed by atoms with E-state index in [4.69, 9.17) is 0 Å². The molecule has 0 unspecified atom stereocenters. The molecule has 2 rings (SSSR count). The van der Waals surface area contributed by atoms with E-state index >= 15 is 0 Å². The maximum absolute atomic E-state index is 13.5. The minimum absolute atomic E-state index is 0.332. The van der Waals surface area contributed by atoms with Gasteiger partial charge in [-0.2, -0.15) is 0 Å². The molecule has 104 valence electrons. The fraction of sp³-hybridized carbons (Fsp3) is 0.133. The molecular weight excluding hydrogens is 272 g/mol. The van der Waals surface area contributed by atoms with Gasteiger partial charge in [0.05, 0.1) is 5.56 Å². The molecule has 2 aromatic carbocycles. The van der Waals surface area contributed by atoms with E-state index in [1.54, 1.807) is 6.92 Å². The second-order valence-corrected chi connectivity index (χ2v) is 4.42. The maximum Gasteiger partial charge on any atom is 0.173 e. The van der Waals surface area contributed by atoms with Crippen LogP contribution < -0.4 is 0 Å². The number of benzene rings is 2. The zero-order valence-corrected chi connectivity index (χ0v) is 10.5. The van der Waals surface area contributed by atoms with E-state index in [1.165, 1.54) is 12.1 Å². The van der Waals surface area contributed by atoms with E-state index in [0.29, 0.717) is 23.3 Å². The van der Waals surface area contributed by atoms with Gasteiger partial charge in [-0.15, -0.1) is 0 Å². The minimum Gasteiger partial charge on any atom is -0.294 e. The van der Waals surface area contributed by atoms with Crippen molar-refractivity contribution in [2.24, 2.45) is 0 Å². The Morgan fingerprint density at radius 3 is 2.15 bits per heavy atom. The number of aryl methyl sites for hydroxylation is 1. The summed E-state index contributed by atoms with van der Waals surface area (Å²) in [6.07, 6.45) is -0.358. The van der Waals surface area contributed by atoms with Gasteiger partial charge in [0.15, 0.2) is 5.78 Å². The Morgan fingerprint density at radius 1 is 0.950 bits per heavy atom. The van der Waals surface area contributed by atoms with Crippen LogP contribution >= 0.6 is 0 Å². The third kappa shape index (κ3) is 2.87. The second kappa shape index (κ2) is 5.45. The van der Waals surface area contributed by atoms with Gasteiger partial charge in [0, 0.05) is 18.6 Å². The zero-order chi connectivity index (χ0) is 14.9. The molecule has 0 radical (unpaired) electrons. The topological polar surface area (TPSA) is 17.1 Å². The van der Waals surface area contributed by atoms with Gasteiger partial charge in [0.1, 0.15) is 23.3 Å². The van der Waals surface area contributed by atoms with Crippen molar-refractivity contribution in [1.82, 2.24) is 0 Å². The molecule has 0 bridgehead atoms. The number of Topliss-reactive ketones (excluding diaryl/α,β-unsaturated/α-hetero) is 1. The van der Waals surface area contributed by atoms with Crippen molar-refractivity contribution in [2.45, 2.75) is 13.3 Å². The molecule has 0 fully saturated rings. The van der Waals surface area contributed by atoms with Gasteiger partial charge in [0.2, 0.25) is 0 Å². The quantitative estimate of drug-likeness (QED) is 0.615. The highest BCUT2D eigenvalue weighted by atomic mass is 19.1. The summed E-state index contributed by atoms with van der Waals surface area (Å²) in [4.78, 5) is 11.9. The summed E-state index contributed by atoms with van der Waals surface area (Å²) in [7, 11) is 0. The molecule has 0 N–H and O–H groups in total. The SMILES string of the molecule is Cc1ccc(F)cc1CC(=O)c1c(F)cc(F)cc1F. The van der Waals surface area contributed by atoms with Crippen LogP contribution in [0.15, 0.2) is 30.3 Å². The van der Waals surface area contributed by atoms with Gasteiger partial charge in [-0.05, 0) is 30.2 Å². The smallest absolute Gasteiger partial charge is 0.173 e. The molecule has 1 nitrogen and oxygen atoms in total. The average Bonchev–Trinajstić information content (AvgIpc) is 2.32. The molecule has 0 aliphatic rings. The molecule has 0 aromatic heterocycles. The van der Waals surface area contributed by atoms with Gasteiger partial charge >= 0.3 is 0 Å². The first-order valence-corrected chi connectivity index (χ1v) is 5.81. The first kappa shape index (κ1) is 14.2. The highest BCUT2D eigenvalue weighted by Crippen LogP contribution is 2.19. The summed E-state index contributed by atoms with van der Waals surface area (Å²) < 4.78 is 52.8. The number of halogens is 4. The van der Waals surface area contributed by atoms with Crippen molar-refractivity contribution in [3.63, 3.8) is 0 Å². The molecular formula is C15H10F4O. The fourth-order valence-corrected chi connectivity index (χ4v) is 1.90. The van der Waals surface area contributed by atoms with Crippen LogP contribution in [0.4, 0.5) is 17.6 Å². The standard InChI is InChI=1S/C15H10F4O/c1-8-2-3-10(16)4-9(8)5-14(20)15-12(18)6-11(17)7-13(15)19/h2-4,6-7H,5H2,1H3. The van der Waals surface area contributed by atoms with E-state index in [1.807, 2.05) is 0 Å². The summed E-state index contributed by atoms with van der Waals surface area (Å²) in [6.45, 7) is 1.65. The summed E-state index contributed by atoms with van der Waals surface area (Å²) in [6, 6.07) is 4.70. The van der Waals surface area contributed by atoms with Crippen molar-refractivity contribution in [2.75, 3.05) is 0 Å². The lowest BCUT2D eigenvalue weighted by Crippen LogP contribution is -2.10. The highest BCUT2D eigenvalue weighted by Gasteiger charge is 2.19. The number of hydrogen-bond acceptors (Lipinski definition) is 1. The van der Waals surface area contributed by atoms with Gasteiger partial charge in [-0.3, -0.25) is 4.79 Å². The van der Waals surface area contributed by atoms with Crippen molar-refractivity contribution in [3.8, 4) is 0 Å². The molecule has 20 heavy (non-hydrogen) atoms. The minimum atomic E-state index is -1.26. The third-order valence-electron chi connectivity index (χ3n) is 2.95. The highest BCUT2D eigenvalue weighted by molar-refractivity contribution is 5.98. The first-order chi connectivity index (χ1) is 9.38. The van der Waals surface area contributed by atoms with Crippen molar-refractivity contribution >= 4 is 5.78 Å². The third-order valence-corrected chi connectivity index (χ3v) is 2.95. The van der Waals surface area contributed by atoms with Crippen LogP contribution in [0, 0.1) is 30.2 Å². The second-order valence-electron chi connectivity index (χ2n) is 4.42. The van der Waals surface area contributed by atoms with E-state index in [9.17, 15) is 22.4 Å². The number of hydrogen-bond donors (Lipinski definition) is 0. The van der Waals surface area contributed by atoms with E-state index in [2.05, 4.69) is 0 Å². The Kier molecular flexibility index (Phi) is 3.88. The largest absolute Gasteiger partial charge is 0.294 e. The molecule has 0 atom stereocenters. The predicted molar refractivity (Wildman–Crippen MR) is 65.5 cm³/mol. The summed E-state index contributed by atoms with van der Waals surface area (Å²) >= 11 is 0. The van der Waals surface area contributed by atoms with Crippen LogP contribution in [0.1, 0.15) is 21.5 Å². The van der Waals surface area contributed by atoms with Gasteiger partial charge < -0.3 is 0 Å². The Balaban J connectivity index is 2.36. The number of carbonyl (C=O) groups is 1. The van der Waals surface area contributed by atoms with Crippen molar-refractivity contribution < 1.29 is 22.4 Å². The molecule has 2 aromatic rings. The lowest BCUT2D eigenvalue weighted by atomic mass is 9.98. The molecule has 0 saturated heterocycles. The maximum atomic E-state index is 13.5. The molecule has 0 heterocycles. The monoisotopic (exact) mass is 282 g/mol. The lowest BCUT2D eigenvalue weighted by Gasteiger charge is -2.07. The summed E-state index contributed by atoms with van der Waals surface area (Å²) in [5.41, 5.74) is 0.149. The molecule has 0 aliphatic carbocycles. The van der Waals surface area contributed by atoms with Crippen molar-refractivity contribution in [1.29, 1.82) is 0 Å². The Morgan fingerprint density at radius 2 is 1.55 bits per heavy atom. The average molecular weight is 282 g/mol. The normalized spacial score (nSPS) is 10.7. The predicted octanol–water partition coefficient (Wildman–Crippen LogP) is 3.98.